The Hall–Kier alpha value is -0.120. The summed E-state index contributed by atoms with van der Waals surface area (Å²) in [6.07, 6.45) is 2.68. The second-order valence-corrected chi connectivity index (χ2v) is 5.15. The zero-order chi connectivity index (χ0) is 12.0. The Morgan fingerprint density at radius 1 is 1.38 bits per heavy atom. The van der Waals surface area contributed by atoms with Gasteiger partial charge >= 0.3 is 0 Å². The summed E-state index contributed by atoms with van der Waals surface area (Å²) in [5.74, 6) is 0. The third kappa shape index (κ3) is 4.81. The third-order valence-electron chi connectivity index (χ3n) is 3.57. The van der Waals surface area contributed by atoms with Gasteiger partial charge in [0.05, 0.1) is 0 Å². The van der Waals surface area contributed by atoms with E-state index in [-0.39, 0.29) is 0 Å². The maximum Gasteiger partial charge on any atom is 0.0198 e. The van der Waals surface area contributed by atoms with Gasteiger partial charge in [-0.3, -0.25) is 0 Å². The number of likely N-dealkylation sites (N-methyl/N-ethyl adjacent to an activating group) is 2. The van der Waals surface area contributed by atoms with Crippen molar-refractivity contribution in [1.29, 1.82) is 0 Å². The summed E-state index contributed by atoms with van der Waals surface area (Å²) in [6, 6.07) is 1.31. The minimum Gasteiger partial charge on any atom is -0.309 e. The first-order valence-corrected chi connectivity index (χ1v) is 6.82. The van der Waals surface area contributed by atoms with Crippen LogP contribution in [-0.2, 0) is 0 Å². The number of nitrogens with zero attached hydrogens (tertiary/aromatic N) is 2. The molecule has 1 fully saturated rings. The topological polar surface area (TPSA) is 18.5 Å². The first-order chi connectivity index (χ1) is 7.65. The Kier molecular flexibility index (Phi) is 6.32. The van der Waals surface area contributed by atoms with Gasteiger partial charge in [-0.2, -0.15) is 0 Å². The molecule has 3 heteroatoms. The van der Waals surface area contributed by atoms with Crippen LogP contribution in [0.25, 0.3) is 0 Å². The number of rotatable bonds is 6. The van der Waals surface area contributed by atoms with E-state index in [0.717, 1.165) is 13.1 Å². The van der Waals surface area contributed by atoms with Crippen LogP contribution in [-0.4, -0.2) is 61.7 Å². The molecule has 0 aromatic rings. The Morgan fingerprint density at radius 3 is 2.62 bits per heavy atom. The summed E-state index contributed by atoms with van der Waals surface area (Å²) in [5, 5.41) is 3.77. The van der Waals surface area contributed by atoms with Crippen LogP contribution >= 0.6 is 0 Å². The summed E-state index contributed by atoms with van der Waals surface area (Å²) in [7, 11) is 2.23. The molecule has 2 unspecified atom stereocenters. The summed E-state index contributed by atoms with van der Waals surface area (Å²) < 4.78 is 0. The highest BCUT2D eigenvalue weighted by atomic mass is 15.2. The van der Waals surface area contributed by atoms with E-state index in [1.807, 2.05) is 0 Å². The largest absolute Gasteiger partial charge is 0.309 e. The average Bonchev–Trinajstić information content (AvgIpc) is 2.26. The fourth-order valence-corrected chi connectivity index (χ4v) is 2.63. The van der Waals surface area contributed by atoms with Gasteiger partial charge in [0.1, 0.15) is 0 Å². The van der Waals surface area contributed by atoms with E-state index < -0.39 is 0 Å². The van der Waals surface area contributed by atoms with Gasteiger partial charge in [-0.05, 0) is 46.4 Å². The summed E-state index contributed by atoms with van der Waals surface area (Å²) in [5.41, 5.74) is 0. The fraction of sp³-hybridized carbons (Fsp3) is 1.00. The predicted molar refractivity (Wildman–Crippen MR) is 70.9 cm³/mol. The van der Waals surface area contributed by atoms with Gasteiger partial charge < -0.3 is 15.1 Å². The van der Waals surface area contributed by atoms with Gasteiger partial charge in [0.2, 0.25) is 0 Å². The molecule has 1 saturated heterocycles. The molecule has 2 atom stereocenters. The fourth-order valence-electron chi connectivity index (χ4n) is 2.63. The molecule has 96 valence electrons. The molecule has 0 bridgehead atoms. The number of piperidine rings is 1. The standard InChI is InChI=1S/C13H29N3/c1-5-16(6-2)10-12(3)14-13-8-7-9-15(4)11-13/h12-14H,5-11H2,1-4H3. The maximum absolute atomic E-state index is 3.77. The van der Waals surface area contributed by atoms with Crippen LogP contribution in [0.1, 0.15) is 33.6 Å². The number of likely N-dealkylation sites (tertiary alicyclic amines) is 1. The zero-order valence-electron chi connectivity index (χ0n) is 11.5. The SMILES string of the molecule is CCN(CC)CC(C)NC1CCCN(C)C1. The van der Waals surface area contributed by atoms with E-state index >= 15 is 0 Å². The highest BCUT2D eigenvalue weighted by Crippen LogP contribution is 2.08. The molecule has 0 amide bonds. The molecule has 1 rings (SSSR count). The molecule has 1 aliphatic heterocycles. The van der Waals surface area contributed by atoms with Gasteiger partial charge in [0.25, 0.3) is 0 Å². The molecular formula is C13H29N3. The maximum atomic E-state index is 3.77. The average molecular weight is 227 g/mol. The van der Waals surface area contributed by atoms with Crippen LogP contribution in [0.2, 0.25) is 0 Å². The van der Waals surface area contributed by atoms with Crippen LogP contribution in [0, 0.1) is 0 Å². The molecule has 0 spiro atoms. The third-order valence-corrected chi connectivity index (χ3v) is 3.57. The van der Waals surface area contributed by atoms with Gasteiger partial charge in [-0.15, -0.1) is 0 Å². The predicted octanol–water partition coefficient (Wildman–Crippen LogP) is 1.40. The Balaban J connectivity index is 2.24. The number of hydrogen-bond donors (Lipinski definition) is 1. The molecular weight excluding hydrogens is 198 g/mol. The molecule has 0 aliphatic carbocycles. The minimum absolute atomic E-state index is 0.608. The van der Waals surface area contributed by atoms with Gasteiger partial charge in [0, 0.05) is 25.2 Å². The van der Waals surface area contributed by atoms with Crippen LogP contribution in [0.4, 0.5) is 0 Å². The molecule has 16 heavy (non-hydrogen) atoms. The molecule has 1 aliphatic rings. The molecule has 1 heterocycles. The first-order valence-electron chi connectivity index (χ1n) is 6.82. The van der Waals surface area contributed by atoms with Crippen LogP contribution in [0.5, 0.6) is 0 Å². The summed E-state index contributed by atoms with van der Waals surface area (Å²) in [6.45, 7) is 12.8. The lowest BCUT2D eigenvalue weighted by atomic mass is 10.1. The number of hydrogen-bond acceptors (Lipinski definition) is 3. The summed E-state index contributed by atoms with van der Waals surface area (Å²) in [4.78, 5) is 4.93. The molecule has 0 aromatic carbocycles. The highest BCUT2D eigenvalue weighted by Gasteiger charge is 2.19. The lowest BCUT2D eigenvalue weighted by Gasteiger charge is -2.33. The molecule has 0 aromatic heterocycles. The first kappa shape index (κ1) is 13.9. The van der Waals surface area contributed by atoms with Crippen molar-refractivity contribution in [3.8, 4) is 0 Å². The molecule has 0 radical (unpaired) electrons. The number of nitrogens with one attached hydrogen (secondary N) is 1. The van der Waals surface area contributed by atoms with Crippen molar-refractivity contribution in [2.45, 2.75) is 45.7 Å². The van der Waals surface area contributed by atoms with Crippen molar-refractivity contribution in [3.05, 3.63) is 0 Å². The van der Waals surface area contributed by atoms with Crippen molar-refractivity contribution < 1.29 is 0 Å². The van der Waals surface area contributed by atoms with E-state index in [4.69, 9.17) is 0 Å². The summed E-state index contributed by atoms with van der Waals surface area (Å²) >= 11 is 0. The van der Waals surface area contributed by atoms with Crippen LogP contribution in [0.15, 0.2) is 0 Å². The van der Waals surface area contributed by atoms with E-state index in [9.17, 15) is 0 Å². The van der Waals surface area contributed by atoms with E-state index in [1.165, 1.54) is 32.5 Å². The van der Waals surface area contributed by atoms with Crippen molar-refractivity contribution in [1.82, 2.24) is 15.1 Å². The van der Waals surface area contributed by atoms with Crippen molar-refractivity contribution in [3.63, 3.8) is 0 Å². The van der Waals surface area contributed by atoms with Gasteiger partial charge in [0.15, 0.2) is 0 Å². The highest BCUT2D eigenvalue weighted by molar-refractivity contribution is 4.79. The zero-order valence-corrected chi connectivity index (χ0v) is 11.5. The quantitative estimate of drug-likeness (QED) is 0.740. The van der Waals surface area contributed by atoms with Crippen molar-refractivity contribution >= 4 is 0 Å². The second kappa shape index (κ2) is 7.25. The Labute approximate surface area is 101 Å². The minimum atomic E-state index is 0.608. The lowest BCUT2D eigenvalue weighted by Crippen LogP contribution is -2.50. The Morgan fingerprint density at radius 2 is 2.06 bits per heavy atom. The van der Waals surface area contributed by atoms with Crippen LogP contribution < -0.4 is 5.32 Å². The van der Waals surface area contributed by atoms with E-state index in [2.05, 4.69) is 42.9 Å². The van der Waals surface area contributed by atoms with Crippen molar-refractivity contribution in [2.24, 2.45) is 0 Å². The normalized spacial score (nSPS) is 24.9. The lowest BCUT2D eigenvalue weighted by molar-refractivity contribution is 0.200. The van der Waals surface area contributed by atoms with Crippen molar-refractivity contribution in [2.75, 3.05) is 39.8 Å². The monoisotopic (exact) mass is 227 g/mol. The van der Waals surface area contributed by atoms with E-state index in [1.54, 1.807) is 0 Å². The van der Waals surface area contributed by atoms with Gasteiger partial charge in [-0.1, -0.05) is 13.8 Å². The van der Waals surface area contributed by atoms with E-state index in [0.29, 0.717) is 12.1 Å². The molecule has 3 nitrogen and oxygen atoms in total. The smallest absolute Gasteiger partial charge is 0.0198 e. The molecule has 1 N–H and O–H groups in total. The second-order valence-electron chi connectivity index (χ2n) is 5.15. The van der Waals surface area contributed by atoms with Gasteiger partial charge in [-0.25, -0.2) is 0 Å². The Bertz CT molecular complexity index is 180. The molecule has 0 saturated carbocycles. The van der Waals surface area contributed by atoms with Crippen LogP contribution in [0.3, 0.4) is 0 Å².